The van der Waals surface area contributed by atoms with Crippen molar-refractivity contribution in [1.82, 2.24) is 5.32 Å². The van der Waals surface area contributed by atoms with Crippen molar-refractivity contribution in [3.05, 3.63) is 60.8 Å². The monoisotopic (exact) mass is 878 g/mol. The van der Waals surface area contributed by atoms with E-state index in [-0.39, 0.29) is 31.5 Å². The Kier molecular flexibility index (Phi) is 40.1. The number of unbranched alkanes of at least 4 members (excludes halogenated alkanes) is 21. The standard InChI is InChI=1S/C51H93N2O7P/c1-7-10-13-16-19-22-25-26-29-32-35-38-41-44-51(55)60-49(42-39-36-33-30-27-23-20-17-14-11-8-2)48(47-59-61(56,57)58-46-45-53(4,5)6)52-50(54)43-40-37-34-31-28-24-21-18-15-12-9-3/h10,13,16,18-19,21-22,25,39,42,48-49H,7-9,11-12,14-15,17,20,23-24,26-38,40-41,43-47H2,1-6H3,(H-,52,54,56,57)/p+1/b13-10+,19-16+,21-18-,25-22-,42-39+. The van der Waals surface area contributed by atoms with Gasteiger partial charge in [-0.25, -0.2) is 4.57 Å². The first-order valence-electron chi connectivity index (χ1n) is 24.6. The van der Waals surface area contributed by atoms with Crippen LogP contribution in [0.5, 0.6) is 0 Å². The normalized spacial score (nSPS) is 14.5. The van der Waals surface area contributed by atoms with Gasteiger partial charge in [-0.05, 0) is 70.3 Å². The van der Waals surface area contributed by atoms with Crippen molar-refractivity contribution in [2.75, 3.05) is 40.9 Å². The first-order valence-corrected chi connectivity index (χ1v) is 26.1. The average Bonchev–Trinajstić information content (AvgIpc) is 3.21. The number of esters is 1. The van der Waals surface area contributed by atoms with E-state index in [2.05, 4.69) is 68.6 Å². The molecule has 9 nitrogen and oxygen atoms in total. The summed E-state index contributed by atoms with van der Waals surface area (Å²) in [5.74, 6) is -0.547. The summed E-state index contributed by atoms with van der Waals surface area (Å²) in [5.41, 5.74) is 0. The Hall–Kier alpha value is -2.29. The summed E-state index contributed by atoms with van der Waals surface area (Å²) >= 11 is 0. The van der Waals surface area contributed by atoms with Crippen molar-refractivity contribution in [3.8, 4) is 0 Å². The largest absolute Gasteiger partial charge is 0.472 e. The number of nitrogens with one attached hydrogen (secondary N) is 1. The van der Waals surface area contributed by atoms with Crippen molar-refractivity contribution in [3.63, 3.8) is 0 Å². The quantitative estimate of drug-likeness (QED) is 0.0157. The number of hydrogen-bond acceptors (Lipinski definition) is 6. The Balaban J connectivity index is 5.51. The van der Waals surface area contributed by atoms with Crippen LogP contribution in [0, 0.1) is 0 Å². The minimum absolute atomic E-state index is 0.0332. The van der Waals surface area contributed by atoms with E-state index < -0.39 is 20.0 Å². The Morgan fingerprint density at radius 3 is 1.66 bits per heavy atom. The van der Waals surface area contributed by atoms with E-state index in [1.165, 1.54) is 57.8 Å². The summed E-state index contributed by atoms with van der Waals surface area (Å²) in [6.07, 6.45) is 49.3. The van der Waals surface area contributed by atoms with Crippen molar-refractivity contribution in [2.24, 2.45) is 0 Å². The topological polar surface area (TPSA) is 111 Å². The molecule has 0 bridgehead atoms. The van der Waals surface area contributed by atoms with Crippen LogP contribution in [0.4, 0.5) is 0 Å². The van der Waals surface area contributed by atoms with Gasteiger partial charge in [0.2, 0.25) is 5.91 Å². The zero-order valence-corrected chi connectivity index (χ0v) is 41.0. The van der Waals surface area contributed by atoms with Gasteiger partial charge in [0.1, 0.15) is 19.3 Å². The molecule has 10 heteroatoms. The molecule has 0 fully saturated rings. The Labute approximate surface area is 375 Å². The van der Waals surface area contributed by atoms with Crippen molar-refractivity contribution in [2.45, 2.75) is 213 Å². The van der Waals surface area contributed by atoms with Gasteiger partial charge in [-0.1, -0.05) is 178 Å². The fraction of sp³-hybridized carbons (Fsp3) is 0.765. The predicted octanol–water partition coefficient (Wildman–Crippen LogP) is 14.0. The minimum Gasteiger partial charge on any atom is -0.456 e. The molecule has 0 spiro atoms. The second kappa shape index (κ2) is 41.7. The molecule has 61 heavy (non-hydrogen) atoms. The molecule has 3 atom stereocenters. The molecule has 0 aliphatic rings. The molecule has 0 saturated carbocycles. The molecule has 0 aromatic heterocycles. The van der Waals surface area contributed by atoms with Gasteiger partial charge in [0.05, 0.1) is 33.8 Å². The molecular weight excluding hydrogens is 784 g/mol. The minimum atomic E-state index is -4.44. The lowest BCUT2D eigenvalue weighted by Crippen LogP contribution is -2.47. The van der Waals surface area contributed by atoms with Crippen LogP contribution in [-0.4, -0.2) is 74.3 Å². The van der Waals surface area contributed by atoms with Crippen LogP contribution < -0.4 is 5.32 Å². The van der Waals surface area contributed by atoms with Crippen LogP contribution in [0.15, 0.2) is 60.8 Å². The van der Waals surface area contributed by atoms with Crippen LogP contribution in [0.3, 0.4) is 0 Å². The molecule has 1 amide bonds. The number of phosphoric acid groups is 1. The highest BCUT2D eigenvalue weighted by Crippen LogP contribution is 2.43. The van der Waals surface area contributed by atoms with Crippen LogP contribution in [-0.2, 0) is 27.9 Å². The lowest BCUT2D eigenvalue weighted by atomic mass is 10.1. The molecule has 0 radical (unpaired) electrons. The third kappa shape index (κ3) is 42.8. The van der Waals surface area contributed by atoms with E-state index in [4.69, 9.17) is 13.8 Å². The molecular formula is C51H94N2O7P+. The number of hydrogen-bond donors (Lipinski definition) is 2. The van der Waals surface area contributed by atoms with E-state index in [1.807, 2.05) is 39.4 Å². The third-order valence-electron chi connectivity index (χ3n) is 10.5. The first-order chi connectivity index (χ1) is 29.4. The number of amides is 1. The number of nitrogens with zero attached hydrogens (tertiary/aromatic N) is 1. The molecule has 0 aliphatic heterocycles. The van der Waals surface area contributed by atoms with Gasteiger partial charge in [-0.3, -0.25) is 18.6 Å². The number of phosphoric ester groups is 1. The van der Waals surface area contributed by atoms with Gasteiger partial charge in [0.25, 0.3) is 0 Å². The molecule has 3 unspecified atom stereocenters. The van der Waals surface area contributed by atoms with Crippen LogP contribution in [0.2, 0.25) is 0 Å². The van der Waals surface area contributed by atoms with Gasteiger partial charge in [0.15, 0.2) is 0 Å². The average molecular weight is 878 g/mol. The van der Waals surface area contributed by atoms with Gasteiger partial charge in [-0.2, -0.15) is 0 Å². The van der Waals surface area contributed by atoms with E-state index in [0.29, 0.717) is 23.9 Å². The van der Waals surface area contributed by atoms with E-state index in [9.17, 15) is 19.0 Å². The fourth-order valence-electron chi connectivity index (χ4n) is 6.62. The zero-order chi connectivity index (χ0) is 45.1. The number of rotatable bonds is 43. The maximum Gasteiger partial charge on any atom is 0.472 e. The second-order valence-corrected chi connectivity index (χ2v) is 19.1. The molecule has 354 valence electrons. The number of quaternary nitrogens is 1. The predicted molar refractivity (Wildman–Crippen MR) is 258 cm³/mol. The summed E-state index contributed by atoms with van der Waals surface area (Å²) < 4.78 is 30.4. The lowest BCUT2D eigenvalue weighted by Gasteiger charge is -2.27. The highest BCUT2D eigenvalue weighted by Gasteiger charge is 2.30. The van der Waals surface area contributed by atoms with Crippen LogP contribution >= 0.6 is 7.82 Å². The van der Waals surface area contributed by atoms with E-state index in [1.54, 1.807) is 0 Å². The lowest BCUT2D eigenvalue weighted by molar-refractivity contribution is -0.870. The van der Waals surface area contributed by atoms with Gasteiger partial charge in [0, 0.05) is 12.8 Å². The van der Waals surface area contributed by atoms with Gasteiger partial charge in [-0.15, -0.1) is 0 Å². The van der Waals surface area contributed by atoms with Crippen molar-refractivity contribution >= 4 is 19.7 Å². The number of likely N-dealkylation sites (N-methyl/N-ethyl adjacent to an activating group) is 1. The summed E-state index contributed by atoms with van der Waals surface area (Å²) in [7, 11) is 1.47. The third-order valence-corrected chi connectivity index (χ3v) is 11.5. The SMILES string of the molecule is CC/C=C/C=C/C=C\CCCCCCCC(=O)OC(/C=C/CCCCCCCCCCC)C(COP(=O)(O)OCC[N+](C)(C)C)NC(=O)CCCCCCC/C=C\CCCC. The Bertz CT molecular complexity index is 1240. The number of carbonyl (C=O) groups excluding carboxylic acids is 2. The number of carbonyl (C=O) groups is 2. The Morgan fingerprint density at radius 1 is 0.590 bits per heavy atom. The molecule has 0 aliphatic carbocycles. The molecule has 0 saturated heterocycles. The summed E-state index contributed by atoms with van der Waals surface area (Å²) in [4.78, 5) is 37.3. The summed E-state index contributed by atoms with van der Waals surface area (Å²) in [6, 6.07) is -0.858. The first kappa shape index (κ1) is 58.7. The maximum absolute atomic E-state index is 13.4. The second-order valence-electron chi connectivity index (χ2n) is 17.7. The van der Waals surface area contributed by atoms with Gasteiger partial charge >= 0.3 is 13.8 Å². The molecule has 0 heterocycles. The van der Waals surface area contributed by atoms with Crippen LogP contribution in [0.1, 0.15) is 201 Å². The number of allylic oxidation sites excluding steroid dienone is 9. The smallest absolute Gasteiger partial charge is 0.456 e. The molecule has 0 aromatic rings. The molecule has 0 rings (SSSR count). The Morgan fingerprint density at radius 2 is 1.08 bits per heavy atom. The summed E-state index contributed by atoms with van der Waals surface area (Å²) in [5, 5.41) is 3.01. The summed E-state index contributed by atoms with van der Waals surface area (Å²) in [6.45, 7) is 6.78. The molecule has 0 aromatic carbocycles. The zero-order valence-electron chi connectivity index (χ0n) is 40.1. The van der Waals surface area contributed by atoms with Crippen molar-refractivity contribution < 1.29 is 37.3 Å². The number of ether oxygens (including phenoxy) is 1. The van der Waals surface area contributed by atoms with Crippen LogP contribution in [0.25, 0.3) is 0 Å². The highest BCUT2D eigenvalue weighted by atomic mass is 31.2. The van der Waals surface area contributed by atoms with Gasteiger partial charge < -0.3 is 19.4 Å². The van der Waals surface area contributed by atoms with E-state index >= 15 is 0 Å². The fourth-order valence-corrected chi connectivity index (χ4v) is 7.36. The van der Waals surface area contributed by atoms with Crippen molar-refractivity contribution in [1.29, 1.82) is 0 Å². The highest BCUT2D eigenvalue weighted by molar-refractivity contribution is 7.47. The molecule has 2 N–H and O–H groups in total. The maximum atomic E-state index is 13.4. The van der Waals surface area contributed by atoms with E-state index in [0.717, 1.165) is 103 Å².